The average molecular weight is 291 g/mol. The molecule has 2 heteroatoms. The molecule has 1 N–H and O–H groups in total. The minimum Gasteiger partial charge on any atom is -0.313 e. The van der Waals surface area contributed by atoms with E-state index in [9.17, 15) is 4.39 Å². The molecule has 0 aliphatic heterocycles. The maximum Gasteiger partial charge on any atom is 0.123 e. The normalized spacial score (nSPS) is 20.4. The lowest BCUT2D eigenvalue weighted by atomic mass is 9.70. The first-order valence-corrected chi connectivity index (χ1v) is 8.48. The van der Waals surface area contributed by atoms with Crippen molar-refractivity contribution in [1.29, 1.82) is 0 Å². The summed E-state index contributed by atoms with van der Waals surface area (Å²) in [5, 5.41) is 3.74. The second kappa shape index (κ2) is 7.40. The zero-order chi connectivity index (χ0) is 15.3. The average Bonchev–Trinajstić information content (AvgIpc) is 2.46. The molecule has 21 heavy (non-hydrogen) atoms. The standard InChI is InChI=1S/C19H30FN/c1-4-13-21-18(14-15-5-7-17(20)8-6-15)16-9-11-19(2,3)12-10-16/h5-8,16,18,21H,4,9-14H2,1-3H3. The Labute approximate surface area is 129 Å². The van der Waals surface area contributed by atoms with Gasteiger partial charge < -0.3 is 5.32 Å². The Bertz CT molecular complexity index is 414. The Morgan fingerprint density at radius 1 is 1.19 bits per heavy atom. The third-order valence-electron chi connectivity index (χ3n) is 4.98. The molecule has 1 aliphatic carbocycles. The molecule has 1 aromatic carbocycles. The molecule has 0 heterocycles. The number of rotatable bonds is 6. The highest BCUT2D eigenvalue weighted by Crippen LogP contribution is 2.39. The van der Waals surface area contributed by atoms with Gasteiger partial charge in [-0.25, -0.2) is 4.39 Å². The highest BCUT2D eigenvalue weighted by atomic mass is 19.1. The summed E-state index contributed by atoms with van der Waals surface area (Å²) in [6.07, 6.45) is 7.46. The molecule has 1 saturated carbocycles. The van der Waals surface area contributed by atoms with Crippen LogP contribution in [-0.2, 0) is 6.42 Å². The molecule has 0 amide bonds. The van der Waals surface area contributed by atoms with Crippen LogP contribution in [0.3, 0.4) is 0 Å². The van der Waals surface area contributed by atoms with Gasteiger partial charge in [0.1, 0.15) is 5.82 Å². The van der Waals surface area contributed by atoms with Crippen molar-refractivity contribution >= 4 is 0 Å². The maximum absolute atomic E-state index is 13.1. The van der Waals surface area contributed by atoms with Crippen LogP contribution < -0.4 is 5.32 Å². The van der Waals surface area contributed by atoms with Crippen LogP contribution in [0.15, 0.2) is 24.3 Å². The second-order valence-electron chi connectivity index (χ2n) is 7.39. The van der Waals surface area contributed by atoms with E-state index in [1.54, 1.807) is 12.1 Å². The topological polar surface area (TPSA) is 12.0 Å². The molecule has 1 nitrogen and oxygen atoms in total. The van der Waals surface area contributed by atoms with E-state index in [1.165, 1.54) is 31.2 Å². The Kier molecular flexibility index (Phi) is 5.80. The largest absolute Gasteiger partial charge is 0.313 e. The van der Waals surface area contributed by atoms with E-state index >= 15 is 0 Å². The fraction of sp³-hybridized carbons (Fsp3) is 0.684. The summed E-state index contributed by atoms with van der Waals surface area (Å²) in [6, 6.07) is 7.56. The Balaban J connectivity index is 1.99. The van der Waals surface area contributed by atoms with Gasteiger partial charge in [-0.3, -0.25) is 0 Å². The fourth-order valence-electron chi connectivity index (χ4n) is 3.43. The number of nitrogens with one attached hydrogen (secondary N) is 1. The summed E-state index contributed by atoms with van der Waals surface area (Å²) in [5.74, 6) is 0.617. The van der Waals surface area contributed by atoms with Gasteiger partial charge in [0.15, 0.2) is 0 Å². The minimum absolute atomic E-state index is 0.142. The van der Waals surface area contributed by atoms with Crippen molar-refractivity contribution < 1.29 is 4.39 Å². The van der Waals surface area contributed by atoms with Crippen LogP contribution in [0, 0.1) is 17.2 Å². The lowest BCUT2D eigenvalue weighted by Gasteiger charge is -2.38. The highest BCUT2D eigenvalue weighted by Gasteiger charge is 2.31. The van der Waals surface area contributed by atoms with Crippen molar-refractivity contribution in [3.05, 3.63) is 35.6 Å². The summed E-state index contributed by atoms with van der Waals surface area (Å²) in [5.41, 5.74) is 1.76. The zero-order valence-electron chi connectivity index (χ0n) is 13.8. The SMILES string of the molecule is CCCNC(Cc1ccc(F)cc1)C1CCC(C)(C)CC1. The summed E-state index contributed by atoms with van der Waals surface area (Å²) < 4.78 is 13.1. The Morgan fingerprint density at radius 3 is 2.38 bits per heavy atom. The minimum atomic E-state index is -0.142. The van der Waals surface area contributed by atoms with E-state index < -0.39 is 0 Å². The fourth-order valence-corrected chi connectivity index (χ4v) is 3.43. The van der Waals surface area contributed by atoms with Gasteiger partial charge in [-0.05, 0) is 74.1 Å². The molecule has 0 bridgehead atoms. The van der Waals surface area contributed by atoms with Crippen molar-refractivity contribution in [3.63, 3.8) is 0 Å². The first-order valence-electron chi connectivity index (χ1n) is 8.48. The van der Waals surface area contributed by atoms with E-state index in [2.05, 4.69) is 26.1 Å². The summed E-state index contributed by atoms with van der Waals surface area (Å²) >= 11 is 0. The molecule has 0 spiro atoms. The molecule has 0 radical (unpaired) electrons. The van der Waals surface area contributed by atoms with Gasteiger partial charge in [0.25, 0.3) is 0 Å². The van der Waals surface area contributed by atoms with E-state index in [0.717, 1.165) is 25.3 Å². The maximum atomic E-state index is 13.1. The summed E-state index contributed by atoms with van der Waals surface area (Å²) in [4.78, 5) is 0. The van der Waals surface area contributed by atoms with E-state index in [1.807, 2.05) is 12.1 Å². The molecule has 118 valence electrons. The molecule has 1 atom stereocenters. The van der Waals surface area contributed by atoms with Gasteiger partial charge in [0.2, 0.25) is 0 Å². The predicted molar refractivity (Wildman–Crippen MR) is 87.9 cm³/mol. The van der Waals surface area contributed by atoms with Crippen molar-refractivity contribution in [2.24, 2.45) is 11.3 Å². The number of benzene rings is 1. The third kappa shape index (κ3) is 5.10. The molecular formula is C19H30FN. The Morgan fingerprint density at radius 2 is 1.81 bits per heavy atom. The van der Waals surface area contributed by atoms with Crippen molar-refractivity contribution in [2.45, 2.75) is 65.3 Å². The van der Waals surface area contributed by atoms with E-state index in [4.69, 9.17) is 0 Å². The molecule has 1 unspecified atom stereocenters. The number of hydrogen-bond acceptors (Lipinski definition) is 1. The van der Waals surface area contributed by atoms with Crippen LogP contribution in [0.5, 0.6) is 0 Å². The lowest BCUT2D eigenvalue weighted by Crippen LogP contribution is -2.41. The first kappa shape index (κ1) is 16.5. The highest BCUT2D eigenvalue weighted by molar-refractivity contribution is 5.17. The van der Waals surface area contributed by atoms with Crippen molar-refractivity contribution in [3.8, 4) is 0 Å². The Hall–Kier alpha value is -0.890. The second-order valence-corrected chi connectivity index (χ2v) is 7.39. The van der Waals surface area contributed by atoms with Crippen LogP contribution in [0.1, 0.15) is 58.4 Å². The number of hydrogen-bond donors (Lipinski definition) is 1. The molecule has 1 aliphatic rings. The molecule has 1 fully saturated rings. The van der Waals surface area contributed by atoms with Gasteiger partial charge in [-0.2, -0.15) is 0 Å². The first-order chi connectivity index (χ1) is 10.00. The smallest absolute Gasteiger partial charge is 0.123 e. The van der Waals surface area contributed by atoms with Crippen LogP contribution in [0.25, 0.3) is 0 Å². The van der Waals surface area contributed by atoms with Gasteiger partial charge in [-0.15, -0.1) is 0 Å². The third-order valence-corrected chi connectivity index (χ3v) is 4.98. The van der Waals surface area contributed by atoms with Crippen LogP contribution in [-0.4, -0.2) is 12.6 Å². The summed E-state index contributed by atoms with van der Waals surface area (Å²) in [6.45, 7) is 8.06. The lowest BCUT2D eigenvalue weighted by molar-refractivity contribution is 0.160. The summed E-state index contributed by atoms with van der Waals surface area (Å²) in [7, 11) is 0. The van der Waals surface area contributed by atoms with Gasteiger partial charge in [0, 0.05) is 6.04 Å². The number of halogens is 1. The van der Waals surface area contributed by atoms with Crippen LogP contribution in [0.2, 0.25) is 0 Å². The predicted octanol–water partition coefficient (Wildman–Crippen LogP) is 4.95. The monoisotopic (exact) mass is 291 g/mol. The van der Waals surface area contributed by atoms with Gasteiger partial charge in [0.05, 0.1) is 0 Å². The molecule has 0 saturated heterocycles. The van der Waals surface area contributed by atoms with Crippen LogP contribution in [0.4, 0.5) is 4.39 Å². The van der Waals surface area contributed by atoms with E-state index in [-0.39, 0.29) is 5.82 Å². The molecular weight excluding hydrogens is 261 g/mol. The molecule has 0 aromatic heterocycles. The van der Waals surface area contributed by atoms with Crippen molar-refractivity contribution in [1.82, 2.24) is 5.32 Å². The molecule has 1 aromatic rings. The van der Waals surface area contributed by atoms with Crippen molar-refractivity contribution in [2.75, 3.05) is 6.54 Å². The van der Waals surface area contributed by atoms with Gasteiger partial charge >= 0.3 is 0 Å². The van der Waals surface area contributed by atoms with Gasteiger partial charge in [-0.1, -0.05) is 32.9 Å². The zero-order valence-corrected chi connectivity index (χ0v) is 13.8. The van der Waals surface area contributed by atoms with E-state index in [0.29, 0.717) is 11.5 Å². The molecule has 2 rings (SSSR count). The quantitative estimate of drug-likeness (QED) is 0.781. The van der Waals surface area contributed by atoms with Crippen LogP contribution >= 0.6 is 0 Å².